The zero-order chi connectivity index (χ0) is 10.5. The van der Waals surface area contributed by atoms with Crippen LogP contribution in [-0.2, 0) is 0 Å². The summed E-state index contributed by atoms with van der Waals surface area (Å²) in [6.07, 6.45) is 5.30. The van der Waals surface area contributed by atoms with Crippen LogP contribution in [0.15, 0.2) is 42.0 Å². The molecule has 2 nitrogen and oxygen atoms in total. The molecule has 0 saturated heterocycles. The van der Waals surface area contributed by atoms with E-state index in [1.807, 2.05) is 35.7 Å². The first-order valence-corrected chi connectivity index (χ1v) is 5.34. The molecule has 2 aromatic rings. The minimum absolute atomic E-state index is 0.679. The predicted octanol–water partition coefficient (Wildman–Crippen LogP) is 3.21. The molecule has 0 amide bonds. The molecule has 2 aromatic heterocycles. The van der Waals surface area contributed by atoms with Gasteiger partial charge in [0.25, 0.3) is 0 Å². The third-order valence-corrected chi connectivity index (χ3v) is 2.81. The molecular weight excluding hydrogens is 204 g/mol. The molecule has 0 N–H and O–H groups in total. The van der Waals surface area contributed by atoms with Gasteiger partial charge in [0.15, 0.2) is 0 Å². The summed E-state index contributed by atoms with van der Waals surface area (Å²) in [7, 11) is 0. The summed E-state index contributed by atoms with van der Waals surface area (Å²) in [5, 5.41) is 11.0. The van der Waals surface area contributed by atoms with E-state index in [0.29, 0.717) is 5.57 Å². The van der Waals surface area contributed by atoms with Crippen LogP contribution in [0.5, 0.6) is 0 Å². The Bertz CT molecular complexity index is 492. The maximum atomic E-state index is 9.03. The maximum absolute atomic E-state index is 9.03. The lowest BCUT2D eigenvalue weighted by Crippen LogP contribution is -1.78. The second kappa shape index (κ2) is 4.54. The van der Waals surface area contributed by atoms with Gasteiger partial charge in [-0.1, -0.05) is 12.1 Å². The summed E-state index contributed by atoms with van der Waals surface area (Å²) in [6.45, 7) is 0. The van der Waals surface area contributed by atoms with E-state index < -0.39 is 0 Å². The van der Waals surface area contributed by atoms with Crippen molar-refractivity contribution in [2.45, 2.75) is 0 Å². The molecule has 0 aliphatic carbocycles. The van der Waals surface area contributed by atoms with Gasteiger partial charge >= 0.3 is 0 Å². The number of pyridine rings is 1. The van der Waals surface area contributed by atoms with Gasteiger partial charge in [0, 0.05) is 17.3 Å². The molecule has 0 saturated carbocycles. The lowest BCUT2D eigenvalue weighted by Gasteiger charge is -1.94. The molecule has 0 aliphatic heterocycles. The Morgan fingerprint density at radius 1 is 1.40 bits per heavy atom. The number of rotatable bonds is 2. The van der Waals surface area contributed by atoms with Crippen LogP contribution in [0.1, 0.15) is 10.4 Å². The molecule has 3 heteroatoms. The molecule has 0 atom stereocenters. The van der Waals surface area contributed by atoms with Crippen molar-refractivity contribution in [3.63, 3.8) is 0 Å². The third-order valence-electron chi connectivity index (χ3n) is 1.90. The van der Waals surface area contributed by atoms with E-state index in [9.17, 15) is 0 Å². The molecule has 72 valence electrons. The predicted molar refractivity (Wildman–Crippen MR) is 62.0 cm³/mol. The van der Waals surface area contributed by atoms with Gasteiger partial charge in [0.05, 0.1) is 5.57 Å². The Labute approximate surface area is 92.1 Å². The van der Waals surface area contributed by atoms with Crippen molar-refractivity contribution in [2.24, 2.45) is 0 Å². The number of allylic oxidation sites excluding steroid dienone is 1. The number of thiophene rings is 1. The van der Waals surface area contributed by atoms with E-state index >= 15 is 0 Å². The number of hydrogen-bond donors (Lipinski definition) is 0. The highest BCUT2D eigenvalue weighted by atomic mass is 32.1. The third kappa shape index (κ3) is 2.30. The van der Waals surface area contributed by atoms with Gasteiger partial charge in [-0.15, -0.1) is 11.3 Å². The lowest BCUT2D eigenvalue weighted by molar-refractivity contribution is 1.32. The van der Waals surface area contributed by atoms with E-state index in [1.165, 1.54) is 0 Å². The van der Waals surface area contributed by atoms with Crippen molar-refractivity contribution >= 4 is 23.0 Å². The van der Waals surface area contributed by atoms with Crippen LogP contribution in [0.25, 0.3) is 11.6 Å². The largest absolute Gasteiger partial charge is 0.264 e. The topological polar surface area (TPSA) is 36.7 Å². The van der Waals surface area contributed by atoms with Crippen LogP contribution < -0.4 is 0 Å². The standard InChI is InChI=1S/C12H8N2S/c13-8-11(12-4-2-6-15-12)7-10-3-1-5-14-9-10/h1-7,9H/b11-7-. The van der Waals surface area contributed by atoms with Gasteiger partial charge in [-0.2, -0.15) is 5.26 Å². The Kier molecular flexibility index (Phi) is 2.91. The van der Waals surface area contributed by atoms with Gasteiger partial charge in [0.2, 0.25) is 0 Å². The highest BCUT2D eigenvalue weighted by Crippen LogP contribution is 2.21. The minimum Gasteiger partial charge on any atom is -0.264 e. The van der Waals surface area contributed by atoms with Gasteiger partial charge in [-0.25, -0.2) is 0 Å². The second-order valence-electron chi connectivity index (χ2n) is 2.93. The first-order valence-electron chi connectivity index (χ1n) is 4.46. The molecule has 0 aliphatic rings. The van der Waals surface area contributed by atoms with Crippen LogP contribution in [0.3, 0.4) is 0 Å². The lowest BCUT2D eigenvalue weighted by atomic mass is 10.1. The fourth-order valence-electron chi connectivity index (χ4n) is 1.22. The summed E-state index contributed by atoms with van der Waals surface area (Å²) in [5.74, 6) is 0. The van der Waals surface area contributed by atoms with E-state index in [4.69, 9.17) is 5.26 Å². The zero-order valence-electron chi connectivity index (χ0n) is 7.92. The number of aromatic nitrogens is 1. The average molecular weight is 212 g/mol. The van der Waals surface area contributed by atoms with Crippen LogP contribution in [0, 0.1) is 11.3 Å². The molecule has 0 bridgehead atoms. The number of nitrogens with zero attached hydrogens (tertiary/aromatic N) is 2. The fraction of sp³-hybridized carbons (Fsp3) is 0. The Hall–Kier alpha value is -1.92. The second-order valence-corrected chi connectivity index (χ2v) is 3.88. The zero-order valence-corrected chi connectivity index (χ0v) is 8.74. The molecular formula is C12H8N2S. The fourth-order valence-corrected chi connectivity index (χ4v) is 1.91. The smallest absolute Gasteiger partial charge is 0.101 e. The molecule has 0 fully saturated rings. The highest BCUT2D eigenvalue weighted by Gasteiger charge is 2.00. The summed E-state index contributed by atoms with van der Waals surface area (Å²) in [4.78, 5) is 4.99. The van der Waals surface area contributed by atoms with E-state index in [2.05, 4.69) is 11.1 Å². The van der Waals surface area contributed by atoms with E-state index in [-0.39, 0.29) is 0 Å². The summed E-state index contributed by atoms with van der Waals surface area (Å²) < 4.78 is 0. The van der Waals surface area contributed by atoms with Gasteiger partial charge in [0.1, 0.15) is 6.07 Å². The molecule has 0 aromatic carbocycles. The van der Waals surface area contributed by atoms with Crippen LogP contribution in [-0.4, -0.2) is 4.98 Å². The van der Waals surface area contributed by atoms with Crippen molar-refractivity contribution in [2.75, 3.05) is 0 Å². The van der Waals surface area contributed by atoms with Crippen molar-refractivity contribution in [1.29, 1.82) is 5.26 Å². The van der Waals surface area contributed by atoms with Gasteiger partial charge in [-0.3, -0.25) is 4.98 Å². The Morgan fingerprint density at radius 2 is 2.33 bits per heavy atom. The highest BCUT2D eigenvalue weighted by molar-refractivity contribution is 7.11. The van der Waals surface area contributed by atoms with Gasteiger partial charge in [-0.05, 0) is 29.2 Å². The van der Waals surface area contributed by atoms with E-state index in [1.54, 1.807) is 23.7 Å². The minimum atomic E-state index is 0.679. The van der Waals surface area contributed by atoms with Crippen molar-refractivity contribution in [3.8, 4) is 6.07 Å². The van der Waals surface area contributed by atoms with Crippen LogP contribution in [0.2, 0.25) is 0 Å². The quantitative estimate of drug-likeness (QED) is 0.717. The van der Waals surface area contributed by atoms with E-state index in [0.717, 1.165) is 10.4 Å². The number of nitriles is 1. The summed E-state index contributed by atoms with van der Waals surface area (Å²) >= 11 is 1.56. The SMILES string of the molecule is N#C/C(=C/c1cccnc1)c1cccs1. The molecule has 2 heterocycles. The van der Waals surface area contributed by atoms with Crippen molar-refractivity contribution < 1.29 is 0 Å². The van der Waals surface area contributed by atoms with Gasteiger partial charge < -0.3 is 0 Å². The number of hydrogen-bond acceptors (Lipinski definition) is 3. The van der Waals surface area contributed by atoms with Crippen molar-refractivity contribution in [3.05, 3.63) is 52.5 Å². The molecule has 0 radical (unpaired) electrons. The normalized spacial score (nSPS) is 11.0. The van der Waals surface area contributed by atoms with Crippen LogP contribution >= 0.6 is 11.3 Å². The Balaban J connectivity index is 2.37. The molecule has 2 rings (SSSR count). The molecule has 0 spiro atoms. The molecule has 0 unspecified atom stereocenters. The van der Waals surface area contributed by atoms with Crippen LogP contribution in [0.4, 0.5) is 0 Å². The maximum Gasteiger partial charge on any atom is 0.101 e. The average Bonchev–Trinajstić information content (AvgIpc) is 2.81. The first-order chi connectivity index (χ1) is 7.40. The first kappa shape index (κ1) is 9.63. The summed E-state index contributed by atoms with van der Waals surface area (Å²) in [6, 6.07) is 9.86. The van der Waals surface area contributed by atoms with Crippen molar-refractivity contribution in [1.82, 2.24) is 4.98 Å². The summed E-state index contributed by atoms with van der Waals surface area (Å²) in [5.41, 5.74) is 1.63. The Morgan fingerprint density at radius 3 is 2.93 bits per heavy atom. The monoisotopic (exact) mass is 212 g/mol. The molecule has 15 heavy (non-hydrogen) atoms.